The molecule has 4 amide bonds. The molecule has 4 aliphatic carbocycles. The average molecular weight is 594 g/mol. The van der Waals surface area contributed by atoms with Crippen LogP contribution >= 0.6 is 0 Å². The van der Waals surface area contributed by atoms with Crippen molar-refractivity contribution in [2.24, 2.45) is 23.2 Å². The molecule has 8 rings (SSSR count). The molecule has 4 saturated carbocycles. The molecule has 1 aromatic carbocycles. The highest BCUT2D eigenvalue weighted by Gasteiger charge is 2.56. The predicted molar refractivity (Wildman–Crippen MR) is 158 cm³/mol. The Bertz CT molecular complexity index is 1350. The van der Waals surface area contributed by atoms with Crippen LogP contribution in [0.25, 0.3) is 6.08 Å². The SMILES string of the molecule is C[C@@H](N1C(=O)NC(=O)/C(=C\c2cc([N+](=O)[O-])c(N3CCOCC3)cc2N2CCOCC2)C1=O)C12CC3CC(CC(C3)C1)C2. The molecule has 4 bridgehead atoms. The Labute approximate surface area is 250 Å². The van der Waals surface area contributed by atoms with Gasteiger partial charge in [0.1, 0.15) is 11.3 Å². The smallest absolute Gasteiger partial charge is 0.331 e. The molecular formula is C31H39N5O7. The van der Waals surface area contributed by atoms with Crippen LogP contribution in [0, 0.1) is 33.3 Å². The first-order chi connectivity index (χ1) is 20.7. The monoisotopic (exact) mass is 593 g/mol. The summed E-state index contributed by atoms with van der Waals surface area (Å²) in [6.07, 6.45) is 8.14. The van der Waals surface area contributed by atoms with Gasteiger partial charge >= 0.3 is 6.03 Å². The number of imide groups is 2. The number of anilines is 2. The van der Waals surface area contributed by atoms with Crippen molar-refractivity contribution in [2.45, 2.75) is 51.5 Å². The van der Waals surface area contributed by atoms with E-state index in [2.05, 4.69) is 10.2 Å². The Hall–Kier alpha value is -3.51. The minimum Gasteiger partial charge on any atom is -0.378 e. The summed E-state index contributed by atoms with van der Waals surface area (Å²) in [4.78, 5) is 57.7. The number of carbonyl (C=O) groups is 3. The van der Waals surface area contributed by atoms with Crippen molar-refractivity contribution in [1.82, 2.24) is 10.2 Å². The van der Waals surface area contributed by atoms with Gasteiger partial charge in [-0.3, -0.25) is 29.9 Å². The fourth-order valence-electron chi connectivity index (χ4n) is 9.12. The van der Waals surface area contributed by atoms with Gasteiger partial charge in [0.2, 0.25) is 0 Å². The van der Waals surface area contributed by atoms with E-state index in [-0.39, 0.29) is 22.7 Å². The zero-order chi connectivity index (χ0) is 29.9. The average Bonchev–Trinajstić information content (AvgIpc) is 2.99. The van der Waals surface area contributed by atoms with Gasteiger partial charge in [-0.05, 0) is 80.8 Å². The minimum absolute atomic E-state index is 0.107. The highest BCUT2D eigenvalue weighted by atomic mass is 16.6. The molecule has 1 N–H and O–H groups in total. The summed E-state index contributed by atoms with van der Waals surface area (Å²) in [7, 11) is 0. The van der Waals surface area contributed by atoms with Crippen LogP contribution in [0.2, 0.25) is 0 Å². The van der Waals surface area contributed by atoms with Gasteiger partial charge in [0.15, 0.2) is 0 Å². The van der Waals surface area contributed by atoms with Crippen molar-refractivity contribution in [3.8, 4) is 0 Å². The minimum atomic E-state index is -0.781. The third-order valence-electron chi connectivity index (χ3n) is 10.8. The molecule has 230 valence electrons. The first-order valence-electron chi connectivity index (χ1n) is 15.6. The normalized spacial score (nSPS) is 32.4. The zero-order valence-electron chi connectivity index (χ0n) is 24.6. The number of benzene rings is 1. The third-order valence-corrected chi connectivity index (χ3v) is 10.8. The van der Waals surface area contributed by atoms with E-state index in [4.69, 9.17) is 9.47 Å². The lowest BCUT2D eigenvalue weighted by atomic mass is 9.47. The highest BCUT2D eigenvalue weighted by molar-refractivity contribution is 6.31. The quantitative estimate of drug-likeness (QED) is 0.228. The standard InChI is InChI=1S/C31H39N5O7/c1-19(31-16-20-10-21(17-31)12-22(11-20)18-31)35-29(38)24(28(37)32-30(35)39)13-23-14-27(36(40)41)26(34-4-8-43-9-5-34)15-25(23)33-2-6-42-7-3-33/h13-15,19-22H,2-12,16-18H2,1H3,(H,32,37,39)/b24-13+/t19-,20?,21?,22?,31?/m1/s1. The van der Waals surface area contributed by atoms with Crippen LogP contribution in [0.4, 0.5) is 21.9 Å². The molecule has 7 aliphatic rings. The van der Waals surface area contributed by atoms with Crippen LogP contribution in [-0.2, 0) is 19.1 Å². The van der Waals surface area contributed by atoms with E-state index in [0.29, 0.717) is 87.3 Å². The summed E-state index contributed by atoms with van der Waals surface area (Å²) >= 11 is 0. The first kappa shape index (κ1) is 28.3. The summed E-state index contributed by atoms with van der Waals surface area (Å²) in [5.74, 6) is 0.487. The summed E-state index contributed by atoms with van der Waals surface area (Å²) in [5.41, 5.74) is 1.12. The van der Waals surface area contributed by atoms with Crippen LogP contribution in [0.5, 0.6) is 0 Å². The van der Waals surface area contributed by atoms with Gasteiger partial charge in [-0.25, -0.2) is 4.79 Å². The molecule has 12 nitrogen and oxygen atoms in total. The van der Waals surface area contributed by atoms with Crippen molar-refractivity contribution in [2.75, 3.05) is 62.4 Å². The lowest BCUT2D eigenvalue weighted by Gasteiger charge is -2.60. The fourth-order valence-corrected chi connectivity index (χ4v) is 9.12. The molecule has 0 unspecified atom stereocenters. The van der Waals surface area contributed by atoms with Crippen LogP contribution in [-0.4, -0.2) is 86.3 Å². The van der Waals surface area contributed by atoms with Crippen LogP contribution < -0.4 is 15.1 Å². The Balaban J connectivity index is 1.27. The Morgan fingerprint density at radius 3 is 1.98 bits per heavy atom. The number of amides is 4. The maximum absolute atomic E-state index is 14.1. The van der Waals surface area contributed by atoms with Crippen LogP contribution in [0.15, 0.2) is 17.7 Å². The van der Waals surface area contributed by atoms with E-state index in [1.165, 1.54) is 36.3 Å². The first-order valence-corrected chi connectivity index (χ1v) is 15.6. The molecule has 0 spiro atoms. The van der Waals surface area contributed by atoms with Crippen molar-refractivity contribution >= 4 is 41.0 Å². The number of rotatable bonds is 6. The number of nitrogens with one attached hydrogen (secondary N) is 1. The predicted octanol–water partition coefficient (Wildman–Crippen LogP) is 3.33. The molecule has 3 aliphatic heterocycles. The van der Waals surface area contributed by atoms with Gasteiger partial charge in [-0.2, -0.15) is 0 Å². The Morgan fingerprint density at radius 2 is 1.44 bits per heavy atom. The van der Waals surface area contributed by atoms with Gasteiger partial charge in [0.25, 0.3) is 17.5 Å². The van der Waals surface area contributed by atoms with Crippen LogP contribution in [0.1, 0.15) is 51.0 Å². The number of nitrogens with zero attached hydrogens (tertiary/aromatic N) is 4. The number of nitro groups is 1. The second kappa shape index (κ2) is 10.9. The number of hydrogen-bond donors (Lipinski definition) is 1. The van der Waals surface area contributed by atoms with Crippen molar-refractivity contribution in [3.63, 3.8) is 0 Å². The number of ether oxygens (including phenoxy) is 2. The van der Waals surface area contributed by atoms with Gasteiger partial charge in [-0.15, -0.1) is 0 Å². The number of barbiturate groups is 1. The Morgan fingerprint density at radius 1 is 0.907 bits per heavy atom. The van der Waals surface area contributed by atoms with Crippen molar-refractivity contribution in [3.05, 3.63) is 33.4 Å². The van der Waals surface area contributed by atoms with Gasteiger partial charge in [0, 0.05) is 49.5 Å². The van der Waals surface area contributed by atoms with E-state index in [0.717, 1.165) is 19.3 Å². The largest absolute Gasteiger partial charge is 0.378 e. The van der Waals surface area contributed by atoms with E-state index < -0.39 is 22.8 Å². The van der Waals surface area contributed by atoms with Gasteiger partial charge in [0.05, 0.1) is 31.4 Å². The number of nitro benzene ring substituents is 1. The molecule has 1 atom stereocenters. The molecule has 43 heavy (non-hydrogen) atoms. The molecule has 3 heterocycles. The molecule has 12 heteroatoms. The van der Waals surface area contributed by atoms with E-state index in [1.807, 2.05) is 11.8 Å². The fraction of sp³-hybridized carbons (Fsp3) is 0.645. The van der Waals surface area contributed by atoms with Gasteiger partial charge in [-0.1, -0.05) is 0 Å². The van der Waals surface area contributed by atoms with Crippen molar-refractivity contribution < 1.29 is 28.8 Å². The second-order valence-electron chi connectivity index (χ2n) is 13.3. The number of hydrogen-bond acceptors (Lipinski definition) is 9. The number of carbonyl (C=O) groups excluding carboxylic acids is 3. The van der Waals surface area contributed by atoms with Crippen molar-refractivity contribution in [1.29, 1.82) is 0 Å². The summed E-state index contributed by atoms with van der Waals surface area (Å²) in [6.45, 7) is 6.03. The molecular weight excluding hydrogens is 554 g/mol. The Kier molecular flexibility index (Phi) is 7.16. The molecule has 3 saturated heterocycles. The van der Waals surface area contributed by atoms with E-state index in [1.54, 1.807) is 6.07 Å². The third kappa shape index (κ3) is 4.98. The maximum atomic E-state index is 14.1. The molecule has 0 aromatic heterocycles. The molecule has 0 radical (unpaired) electrons. The number of morpholine rings is 2. The van der Waals surface area contributed by atoms with E-state index in [9.17, 15) is 24.5 Å². The summed E-state index contributed by atoms with van der Waals surface area (Å²) in [6, 6.07) is 2.19. The molecule has 7 fully saturated rings. The lowest BCUT2D eigenvalue weighted by Crippen LogP contribution is -2.63. The zero-order valence-corrected chi connectivity index (χ0v) is 24.6. The summed E-state index contributed by atoms with van der Waals surface area (Å²) < 4.78 is 11.0. The van der Waals surface area contributed by atoms with Gasteiger partial charge < -0.3 is 19.3 Å². The second-order valence-corrected chi connectivity index (χ2v) is 13.3. The summed E-state index contributed by atoms with van der Waals surface area (Å²) in [5, 5.41) is 14.7. The highest BCUT2D eigenvalue weighted by Crippen LogP contribution is 2.62. The van der Waals surface area contributed by atoms with Crippen LogP contribution in [0.3, 0.4) is 0 Å². The topological polar surface area (TPSA) is 135 Å². The van der Waals surface area contributed by atoms with E-state index >= 15 is 0 Å². The number of urea groups is 1. The lowest BCUT2D eigenvalue weighted by molar-refractivity contribution is -0.384. The molecule has 1 aromatic rings. The maximum Gasteiger partial charge on any atom is 0.331 e.